The van der Waals surface area contributed by atoms with Crippen LogP contribution in [0.3, 0.4) is 0 Å². The second-order valence-electron chi connectivity index (χ2n) is 4.86. The average molecular weight is 300 g/mol. The van der Waals surface area contributed by atoms with Crippen molar-refractivity contribution in [3.63, 3.8) is 0 Å². The van der Waals surface area contributed by atoms with Gasteiger partial charge in [0.25, 0.3) is 0 Å². The van der Waals surface area contributed by atoms with Gasteiger partial charge in [0.2, 0.25) is 0 Å². The number of carbonyl (C=O) groups is 2. The summed E-state index contributed by atoms with van der Waals surface area (Å²) in [7, 11) is 1.45. The van der Waals surface area contributed by atoms with Gasteiger partial charge in [0.05, 0.1) is 5.69 Å². The number of aryl methyl sites for hydroxylation is 1. The molecule has 0 aromatic heterocycles. The van der Waals surface area contributed by atoms with Crippen molar-refractivity contribution in [1.82, 2.24) is 0 Å². The van der Waals surface area contributed by atoms with Crippen molar-refractivity contribution in [2.24, 2.45) is 0 Å². The number of nitrogens with zero attached hydrogens (tertiary/aromatic N) is 1. The minimum Gasteiger partial charge on any atom is -0.508 e. The van der Waals surface area contributed by atoms with Crippen LogP contribution in [0.2, 0.25) is 0 Å². The molecule has 0 spiro atoms. The molecule has 3 N–H and O–H groups in total. The maximum Gasteiger partial charge on any atom is 0.316 e. The molecule has 22 heavy (non-hydrogen) atoms. The third kappa shape index (κ3) is 3.35. The van der Waals surface area contributed by atoms with Gasteiger partial charge in [0, 0.05) is 12.7 Å². The van der Waals surface area contributed by atoms with Crippen molar-refractivity contribution in [3.05, 3.63) is 48.0 Å². The summed E-state index contributed by atoms with van der Waals surface area (Å²) >= 11 is 0. The van der Waals surface area contributed by atoms with Crippen LogP contribution in [0.5, 0.6) is 11.5 Å². The highest BCUT2D eigenvalue weighted by molar-refractivity contribution is 6.44. The summed E-state index contributed by atoms with van der Waals surface area (Å²) in [6, 6.07) is 10.6. The van der Waals surface area contributed by atoms with Gasteiger partial charge in [-0.3, -0.25) is 9.59 Å². The monoisotopic (exact) mass is 300 g/mol. The number of carbonyl (C=O) groups excluding carboxylic acids is 2. The fourth-order valence-corrected chi connectivity index (χ4v) is 1.87. The molecule has 0 aliphatic rings. The Hall–Kier alpha value is -3.02. The molecule has 0 unspecified atom stereocenters. The smallest absolute Gasteiger partial charge is 0.316 e. The van der Waals surface area contributed by atoms with Crippen molar-refractivity contribution in [1.29, 1.82) is 0 Å². The van der Waals surface area contributed by atoms with E-state index in [1.54, 1.807) is 19.1 Å². The largest absolute Gasteiger partial charge is 0.508 e. The highest BCUT2D eigenvalue weighted by Crippen LogP contribution is 2.24. The zero-order valence-corrected chi connectivity index (χ0v) is 12.2. The molecule has 114 valence electrons. The van der Waals surface area contributed by atoms with E-state index in [0.29, 0.717) is 5.69 Å². The second kappa shape index (κ2) is 6.17. The number of phenolic OH excluding ortho intramolecular Hbond substituents is 2. The van der Waals surface area contributed by atoms with E-state index in [1.165, 1.54) is 37.4 Å². The lowest BCUT2D eigenvalue weighted by atomic mass is 10.2. The third-order valence-corrected chi connectivity index (χ3v) is 3.14. The van der Waals surface area contributed by atoms with Crippen molar-refractivity contribution in [2.45, 2.75) is 6.92 Å². The van der Waals surface area contributed by atoms with Crippen LogP contribution < -0.4 is 10.2 Å². The first-order chi connectivity index (χ1) is 10.4. The normalized spacial score (nSPS) is 10.1. The quantitative estimate of drug-likeness (QED) is 0.584. The van der Waals surface area contributed by atoms with Gasteiger partial charge in [-0.25, -0.2) is 0 Å². The molecule has 0 heterocycles. The molecule has 2 aromatic rings. The molecule has 2 rings (SSSR count). The van der Waals surface area contributed by atoms with Crippen LogP contribution in [0.4, 0.5) is 11.4 Å². The SMILES string of the molecule is Cc1ccc(O)c(NC(=O)C(=O)N(C)c2ccc(O)cc2)c1. The Kier molecular flexibility index (Phi) is 4.31. The van der Waals surface area contributed by atoms with Crippen LogP contribution in [0.15, 0.2) is 42.5 Å². The summed E-state index contributed by atoms with van der Waals surface area (Å²) in [5.41, 5.74) is 1.48. The second-order valence-corrected chi connectivity index (χ2v) is 4.86. The Bertz CT molecular complexity index is 711. The lowest BCUT2D eigenvalue weighted by Gasteiger charge is -2.17. The van der Waals surface area contributed by atoms with Gasteiger partial charge in [-0.1, -0.05) is 6.07 Å². The van der Waals surface area contributed by atoms with Gasteiger partial charge in [-0.2, -0.15) is 0 Å². The first-order valence-electron chi connectivity index (χ1n) is 6.56. The highest BCUT2D eigenvalue weighted by Gasteiger charge is 2.21. The molecule has 0 saturated heterocycles. The molecule has 0 radical (unpaired) electrons. The average Bonchev–Trinajstić information content (AvgIpc) is 2.50. The predicted molar refractivity (Wildman–Crippen MR) is 83.0 cm³/mol. The fourth-order valence-electron chi connectivity index (χ4n) is 1.87. The minimum absolute atomic E-state index is 0.0683. The van der Waals surface area contributed by atoms with Crippen LogP contribution in [-0.4, -0.2) is 29.1 Å². The Morgan fingerprint density at radius 3 is 2.32 bits per heavy atom. The summed E-state index contributed by atoms with van der Waals surface area (Å²) in [6.07, 6.45) is 0. The van der Waals surface area contributed by atoms with Crippen molar-refractivity contribution >= 4 is 23.2 Å². The number of aromatic hydroxyl groups is 2. The van der Waals surface area contributed by atoms with E-state index in [4.69, 9.17) is 0 Å². The number of phenols is 2. The molecular weight excluding hydrogens is 284 g/mol. The minimum atomic E-state index is -0.864. The molecule has 6 nitrogen and oxygen atoms in total. The first-order valence-corrected chi connectivity index (χ1v) is 6.56. The summed E-state index contributed by atoms with van der Waals surface area (Å²) in [6.45, 7) is 1.81. The number of amides is 2. The van der Waals surface area contributed by atoms with Gasteiger partial charge < -0.3 is 20.4 Å². The van der Waals surface area contributed by atoms with Crippen molar-refractivity contribution < 1.29 is 19.8 Å². The van der Waals surface area contributed by atoms with Crippen LogP contribution in [0.25, 0.3) is 0 Å². The third-order valence-electron chi connectivity index (χ3n) is 3.14. The number of hydrogen-bond acceptors (Lipinski definition) is 4. The molecular formula is C16H16N2O4. The number of likely N-dealkylation sites (N-methyl/N-ethyl adjacent to an activating group) is 1. The Morgan fingerprint density at radius 2 is 1.68 bits per heavy atom. The summed E-state index contributed by atoms with van der Waals surface area (Å²) < 4.78 is 0. The van der Waals surface area contributed by atoms with Crippen molar-refractivity contribution in [2.75, 3.05) is 17.3 Å². The number of rotatable bonds is 2. The molecule has 2 amide bonds. The molecule has 0 saturated carbocycles. The highest BCUT2D eigenvalue weighted by atomic mass is 16.3. The lowest BCUT2D eigenvalue weighted by molar-refractivity contribution is -0.134. The van der Waals surface area contributed by atoms with E-state index in [2.05, 4.69) is 5.32 Å². The van der Waals surface area contributed by atoms with E-state index >= 15 is 0 Å². The predicted octanol–water partition coefficient (Wildman–Crippen LogP) is 2.01. The van der Waals surface area contributed by atoms with Gasteiger partial charge in [0.15, 0.2) is 0 Å². The molecule has 0 aliphatic carbocycles. The molecule has 2 aromatic carbocycles. The molecule has 6 heteroatoms. The summed E-state index contributed by atoms with van der Waals surface area (Å²) in [5.74, 6) is -1.69. The van der Waals surface area contributed by atoms with Crippen molar-refractivity contribution in [3.8, 4) is 11.5 Å². The topological polar surface area (TPSA) is 89.9 Å². The number of benzene rings is 2. The Balaban J connectivity index is 2.13. The Morgan fingerprint density at radius 1 is 1.05 bits per heavy atom. The first kappa shape index (κ1) is 15.4. The maximum absolute atomic E-state index is 12.1. The van der Waals surface area contributed by atoms with E-state index < -0.39 is 11.8 Å². The van der Waals surface area contributed by atoms with Crippen LogP contribution in [-0.2, 0) is 9.59 Å². The molecule has 0 bridgehead atoms. The summed E-state index contributed by atoms with van der Waals surface area (Å²) in [5, 5.41) is 21.3. The van der Waals surface area contributed by atoms with Gasteiger partial charge in [0.1, 0.15) is 11.5 Å². The lowest BCUT2D eigenvalue weighted by Crippen LogP contribution is -2.37. The molecule has 0 fully saturated rings. The molecule has 0 aliphatic heterocycles. The number of anilines is 2. The summed E-state index contributed by atoms with van der Waals surface area (Å²) in [4.78, 5) is 25.2. The van der Waals surface area contributed by atoms with E-state index in [-0.39, 0.29) is 17.2 Å². The number of nitrogens with one attached hydrogen (secondary N) is 1. The zero-order valence-electron chi connectivity index (χ0n) is 12.2. The van der Waals surface area contributed by atoms with E-state index in [0.717, 1.165) is 10.5 Å². The van der Waals surface area contributed by atoms with Gasteiger partial charge >= 0.3 is 11.8 Å². The molecule has 0 atom stereocenters. The van der Waals surface area contributed by atoms with E-state index in [9.17, 15) is 19.8 Å². The number of hydrogen-bond donors (Lipinski definition) is 3. The zero-order chi connectivity index (χ0) is 16.3. The van der Waals surface area contributed by atoms with Crippen LogP contribution in [0.1, 0.15) is 5.56 Å². The van der Waals surface area contributed by atoms with Crippen LogP contribution in [0, 0.1) is 6.92 Å². The van der Waals surface area contributed by atoms with Gasteiger partial charge in [-0.15, -0.1) is 0 Å². The van der Waals surface area contributed by atoms with E-state index in [1.807, 2.05) is 0 Å². The van der Waals surface area contributed by atoms with Gasteiger partial charge in [-0.05, 0) is 48.9 Å². The standard InChI is InChI=1S/C16H16N2O4/c1-10-3-8-14(20)13(9-10)17-15(21)16(22)18(2)11-4-6-12(19)7-5-11/h3-9,19-20H,1-2H3,(H,17,21). The maximum atomic E-state index is 12.1. The van der Waals surface area contributed by atoms with Crippen LogP contribution >= 0.6 is 0 Å². The fraction of sp³-hybridized carbons (Fsp3) is 0.125. The Labute approximate surface area is 127 Å².